The summed E-state index contributed by atoms with van der Waals surface area (Å²) in [7, 11) is 0. The van der Waals surface area contributed by atoms with Crippen LogP contribution >= 0.6 is 15.9 Å². The van der Waals surface area contributed by atoms with Gasteiger partial charge in [-0.25, -0.2) is 4.52 Å². The summed E-state index contributed by atoms with van der Waals surface area (Å²) < 4.78 is 2.71. The highest BCUT2D eigenvalue weighted by Gasteiger charge is 2.32. The number of halogens is 1. The Labute approximate surface area is 131 Å². The van der Waals surface area contributed by atoms with Crippen molar-refractivity contribution >= 4 is 27.4 Å². The van der Waals surface area contributed by atoms with E-state index >= 15 is 0 Å². The zero-order valence-electron chi connectivity index (χ0n) is 11.7. The zero-order chi connectivity index (χ0) is 14.4. The number of nitrogens with zero attached hydrogens (tertiary/aromatic N) is 4. The van der Waals surface area contributed by atoms with Gasteiger partial charge >= 0.3 is 0 Å². The average Bonchev–Trinajstić information content (AvgIpc) is 3.27. The van der Waals surface area contributed by atoms with Crippen molar-refractivity contribution < 1.29 is 4.79 Å². The Hall–Kier alpha value is -1.40. The molecule has 2 aliphatic rings. The summed E-state index contributed by atoms with van der Waals surface area (Å²) in [5, 5.41) is 4.27. The fourth-order valence-electron chi connectivity index (χ4n) is 3.02. The third-order valence-corrected chi connectivity index (χ3v) is 4.87. The van der Waals surface area contributed by atoms with E-state index in [4.69, 9.17) is 0 Å². The summed E-state index contributed by atoms with van der Waals surface area (Å²) in [5.41, 5.74) is 1.55. The van der Waals surface area contributed by atoms with Crippen LogP contribution < -0.4 is 0 Å². The Bertz CT molecular complexity index is 686. The van der Waals surface area contributed by atoms with Gasteiger partial charge in [-0.3, -0.25) is 9.69 Å². The molecule has 0 aromatic carbocycles. The van der Waals surface area contributed by atoms with E-state index < -0.39 is 0 Å². The van der Waals surface area contributed by atoms with Crippen LogP contribution in [0.3, 0.4) is 0 Å². The van der Waals surface area contributed by atoms with Gasteiger partial charge in [0.05, 0.1) is 17.3 Å². The Kier molecular flexibility index (Phi) is 3.23. The van der Waals surface area contributed by atoms with E-state index in [2.05, 4.69) is 25.9 Å². The number of rotatable bonds is 2. The van der Waals surface area contributed by atoms with Crippen LogP contribution in [0.2, 0.25) is 0 Å². The van der Waals surface area contributed by atoms with E-state index in [1.54, 1.807) is 10.7 Å². The highest BCUT2D eigenvalue weighted by Crippen LogP contribution is 2.28. The molecule has 0 spiro atoms. The lowest BCUT2D eigenvalue weighted by Gasteiger charge is -2.34. The third kappa shape index (κ3) is 2.46. The molecule has 0 bridgehead atoms. The number of carbonyl (C=O) groups is 1. The molecule has 1 saturated carbocycles. The Morgan fingerprint density at radius 2 is 2.00 bits per heavy atom. The smallest absolute Gasteiger partial charge is 0.257 e. The molecule has 0 radical (unpaired) electrons. The van der Waals surface area contributed by atoms with Crippen molar-refractivity contribution in [1.29, 1.82) is 0 Å². The van der Waals surface area contributed by atoms with Crippen LogP contribution in [-0.4, -0.2) is 57.5 Å². The number of piperazine rings is 1. The van der Waals surface area contributed by atoms with Gasteiger partial charge in [0, 0.05) is 42.9 Å². The SMILES string of the molecule is O=C(c1cnn2ccc(Br)cc12)N1CCN(C2CC2)CC1. The number of fused-ring (bicyclic) bond motifs is 1. The number of hydrogen-bond donors (Lipinski definition) is 0. The van der Waals surface area contributed by atoms with Crippen LogP contribution in [0.25, 0.3) is 5.52 Å². The minimum absolute atomic E-state index is 0.0959. The van der Waals surface area contributed by atoms with E-state index in [-0.39, 0.29) is 5.91 Å². The maximum atomic E-state index is 12.7. The summed E-state index contributed by atoms with van der Waals surface area (Å²) in [5.74, 6) is 0.0959. The van der Waals surface area contributed by atoms with Crippen molar-refractivity contribution in [3.8, 4) is 0 Å². The molecule has 3 heterocycles. The molecule has 1 aliphatic heterocycles. The Morgan fingerprint density at radius 1 is 1.24 bits per heavy atom. The number of carbonyl (C=O) groups excluding carboxylic acids is 1. The quantitative estimate of drug-likeness (QED) is 0.833. The van der Waals surface area contributed by atoms with E-state index in [1.807, 2.05) is 23.2 Å². The van der Waals surface area contributed by atoms with Crippen molar-refractivity contribution in [2.24, 2.45) is 0 Å². The van der Waals surface area contributed by atoms with Crippen LogP contribution in [0.4, 0.5) is 0 Å². The molecule has 4 rings (SSSR count). The van der Waals surface area contributed by atoms with Gasteiger partial charge in [-0.05, 0) is 25.0 Å². The summed E-state index contributed by atoms with van der Waals surface area (Å²) in [6.45, 7) is 3.64. The van der Waals surface area contributed by atoms with Crippen molar-refractivity contribution in [3.05, 3.63) is 34.6 Å². The van der Waals surface area contributed by atoms with Crippen LogP contribution in [0.5, 0.6) is 0 Å². The monoisotopic (exact) mass is 348 g/mol. The Morgan fingerprint density at radius 3 is 2.71 bits per heavy atom. The predicted octanol–water partition coefficient (Wildman–Crippen LogP) is 2.02. The first-order chi connectivity index (χ1) is 10.2. The molecule has 1 amide bonds. The van der Waals surface area contributed by atoms with Crippen LogP contribution in [-0.2, 0) is 0 Å². The first-order valence-corrected chi connectivity index (χ1v) is 8.18. The molecule has 0 N–H and O–H groups in total. The lowest BCUT2D eigenvalue weighted by Crippen LogP contribution is -2.49. The first kappa shape index (κ1) is 13.3. The lowest BCUT2D eigenvalue weighted by molar-refractivity contribution is 0.0629. The molecule has 110 valence electrons. The van der Waals surface area contributed by atoms with Crippen molar-refractivity contribution in [2.75, 3.05) is 26.2 Å². The maximum absolute atomic E-state index is 12.7. The predicted molar refractivity (Wildman–Crippen MR) is 83.4 cm³/mol. The van der Waals surface area contributed by atoms with Gasteiger partial charge in [0.15, 0.2) is 0 Å². The molecule has 0 atom stereocenters. The van der Waals surface area contributed by atoms with Crippen molar-refractivity contribution in [3.63, 3.8) is 0 Å². The molecule has 2 fully saturated rings. The maximum Gasteiger partial charge on any atom is 0.257 e. The average molecular weight is 349 g/mol. The third-order valence-electron chi connectivity index (χ3n) is 4.38. The number of aromatic nitrogens is 2. The second-order valence-corrected chi connectivity index (χ2v) is 6.71. The van der Waals surface area contributed by atoms with Gasteiger partial charge in [-0.2, -0.15) is 5.10 Å². The van der Waals surface area contributed by atoms with E-state index in [1.165, 1.54) is 12.8 Å². The second-order valence-electron chi connectivity index (χ2n) is 5.79. The molecule has 1 aliphatic carbocycles. The summed E-state index contributed by atoms with van der Waals surface area (Å²) >= 11 is 3.45. The number of pyridine rings is 1. The van der Waals surface area contributed by atoms with E-state index in [0.29, 0.717) is 5.56 Å². The molecular formula is C15H17BrN4O. The fourth-order valence-corrected chi connectivity index (χ4v) is 3.35. The summed E-state index contributed by atoms with van der Waals surface area (Å²) in [6, 6.07) is 4.65. The molecule has 6 heteroatoms. The summed E-state index contributed by atoms with van der Waals surface area (Å²) in [6.07, 6.45) is 6.20. The minimum atomic E-state index is 0.0959. The highest BCUT2D eigenvalue weighted by atomic mass is 79.9. The zero-order valence-corrected chi connectivity index (χ0v) is 13.3. The minimum Gasteiger partial charge on any atom is -0.336 e. The van der Waals surface area contributed by atoms with E-state index in [0.717, 1.165) is 42.2 Å². The van der Waals surface area contributed by atoms with Crippen molar-refractivity contribution in [1.82, 2.24) is 19.4 Å². The fraction of sp³-hybridized carbons (Fsp3) is 0.467. The molecule has 2 aromatic heterocycles. The van der Waals surface area contributed by atoms with Gasteiger partial charge in [-0.15, -0.1) is 0 Å². The number of hydrogen-bond acceptors (Lipinski definition) is 3. The van der Waals surface area contributed by atoms with Gasteiger partial charge in [0.1, 0.15) is 0 Å². The topological polar surface area (TPSA) is 40.9 Å². The molecule has 0 unspecified atom stereocenters. The summed E-state index contributed by atoms with van der Waals surface area (Å²) in [4.78, 5) is 17.2. The van der Waals surface area contributed by atoms with Gasteiger partial charge < -0.3 is 4.90 Å². The standard InChI is InChI=1S/C15H17BrN4O/c16-11-3-4-20-14(9-11)13(10-17-20)15(21)19-7-5-18(6-8-19)12-1-2-12/h3-4,9-10,12H,1-2,5-8H2. The first-order valence-electron chi connectivity index (χ1n) is 7.38. The van der Waals surface area contributed by atoms with Crippen LogP contribution in [0, 0.1) is 0 Å². The normalized spacial score (nSPS) is 20.1. The van der Waals surface area contributed by atoms with Gasteiger partial charge in [0.25, 0.3) is 5.91 Å². The molecule has 21 heavy (non-hydrogen) atoms. The number of amides is 1. The molecule has 2 aromatic rings. The van der Waals surface area contributed by atoms with Gasteiger partial charge in [0.2, 0.25) is 0 Å². The lowest BCUT2D eigenvalue weighted by atomic mass is 10.2. The largest absolute Gasteiger partial charge is 0.336 e. The molecule has 5 nitrogen and oxygen atoms in total. The molecular weight excluding hydrogens is 332 g/mol. The van der Waals surface area contributed by atoms with Crippen LogP contribution in [0.1, 0.15) is 23.2 Å². The van der Waals surface area contributed by atoms with Crippen LogP contribution in [0.15, 0.2) is 29.0 Å². The molecule has 1 saturated heterocycles. The van der Waals surface area contributed by atoms with Gasteiger partial charge in [-0.1, -0.05) is 15.9 Å². The van der Waals surface area contributed by atoms with E-state index in [9.17, 15) is 4.79 Å². The second kappa shape index (κ2) is 5.10. The van der Waals surface area contributed by atoms with Crippen molar-refractivity contribution in [2.45, 2.75) is 18.9 Å². The Balaban J connectivity index is 1.54. The highest BCUT2D eigenvalue weighted by molar-refractivity contribution is 9.10.